The van der Waals surface area contributed by atoms with Gasteiger partial charge in [-0.15, -0.1) is 11.8 Å². The number of hydrogen-bond donors (Lipinski definition) is 0. The molecule has 2 aromatic rings. The minimum absolute atomic E-state index is 0.617. The van der Waals surface area contributed by atoms with Gasteiger partial charge in [0.05, 0.1) is 24.4 Å². The molecule has 0 spiro atoms. The smallest absolute Gasteiger partial charge is 0.120 e. The first kappa shape index (κ1) is 13.4. The highest BCUT2D eigenvalue weighted by Gasteiger charge is 1.98. The first-order valence-electron chi connectivity index (χ1n) is 5.90. The Morgan fingerprint density at radius 3 is 3.05 bits per heavy atom. The van der Waals surface area contributed by atoms with E-state index < -0.39 is 0 Å². The number of nitrogens with zero attached hydrogens (tertiary/aromatic N) is 3. The molecule has 2 rings (SSSR count). The van der Waals surface area contributed by atoms with Crippen LogP contribution in [-0.4, -0.2) is 22.3 Å². The Hall–Kier alpha value is -2.06. The maximum Gasteiger partial charge on any atom is 0.120 e. The molecule has 0 fully saturated rings. The first-order chi connectivity index (χ1) is 9.38. The van der Waals surface area contributed by atoms with Gasteiger partial charge in [-0.1, -0.05) is 6.07 Å². The molecular weight excluding hydrogens is 258 g/mol. The van der Waals surface area contributed by atoms with E-state index in [1.807, 2.05) is 12.1 Å². The third-order valence-electron chi connectivity index (χ3n) is 2.31. The molecule has 0 atom stereocenters. The number of rotatable bonds is 6. The van der Waals surface area contributed by atoms with Crippen LogP contribution in [-0.2, 0) is 0 Å². The van der Waals surface area contributed by atoms with E-state index in [0.29, 0.717) is 12.2 Å². The van der Waals surface area contributed by atoms with Crippen molar-refractivity contribution in [2.24, 2.45) is 0 Å². The third-order valence-corrected chi connectivity index (χ3v) is 3.31. The molecule has 0 unspecified atom stereocenters. The van der Waals surface area contributed by atoms with Gasteiger partial charge in [-0.25, -0.2) is 4.98 Å². The van der Waals surface area contributed by atoms with E-state index in [2.05, 4.69) is 16.0 Å². The van der Waals surface area contributed by atoms with Crippen molar-refractivity contribution in [1.82, 2.24) is 9.97 Å². The zero-order valence-electron chi connectivity index (χ0n) is 10.3. The quantitative estimate of drug-likeness (QED) is 0.597. The number of benzene rings is 1. The average Bonchev–Trinajstić information content (AvgIpc) is 2.48. The highest BCUT2D eigenvalue weighted by Crippen LogP contribution is 2.16. The second-order valence-electron chi connectivity index (χ2n) is 3.73. The summed E-state index contributed by atoms with van der Waals surface area (Å²) in [4.78, 5) is 8.19. The van der Waals surface area contributed by atoms with Crippen molar-refractivity contribution in [3.05, 3.63) is 48.4 Å². The van der Waals surface area contributed by atoms with Crippen LogP contribution in [0.5, 0.6) is 5.75 Å². The highest BCUT2D eigenvalue weighted by atomic mass is 32.2. The van der Waals surface area contributed by atoms with Crippen LogP contribution in [0.15, 0.2) is 47.9 Å². The zero-order chi connectivity index (χ0) is 13.3. The Morgan fingerprint density at radius 2 is 2.26 bits per heavy atom. The van der Waals surface area contributed by atoms with Crippen molar-refractivity contribution >= 4 is 11.8 Å². The largest absolute Gasteiger partial charge is 0.494 e. The lowest BCUT2D eigenvalue weighted by atomic mass is 10.2. The summed E-state index contributed by atoms with van der Waals surface area (Å²) in [5, 5.41) is 9.70. The summed E-state index contributed by atoms with van der Waals surface area (Å²) in [7, 11) is 0. The zero-order valence-corrected chi connectivity index (χ0v) is 11.1. The number of thioether (sulfide) groups is 1. The molecule has 0 aliphatic carbocycles. The van der Waals surface area contributed by atoms with Crippen molar-refractivity contribution in [3.63, 3.8) is 0 Å². The van der Waals surface area contributed by atoms with Crippen molar-refractivity contribution < 1.29 is 4.74 Å². The lowest BCUT2D eigenvalue weighted by Gasteiger charge is -2.05. The van der Waals surface area contributed by atoms with Crippen molar-refractivity contribution in [1.29, 1.82) is 5.26 Å². The minimum atomic E-state index is 0.617. The molecule has 1 aromatic heterocycles. The van der Waals surface area contributed by atoms with E-state index in [0.717, 1.165) is 22.9 Å². The topological polar surface area (TPSA) is 58.8 Å². The van der Waals surface area contributed by atoms with Crippen LogP contribution in [0.2, 0.25) is 0 Å². The van der Waals surface area contributed by atoms with Crippen molar-refractivity contribution in [2.45, 2.75) is 11.4 Å². The summed E-state index contributed by atoms with van der Waals surface area (Å²) in [6, 6.07) is 9.28. The maximum absolute atomic E-state index is 8.78. The molecule has 0 saturated heterocycles. The predicted octanol–water partition coefficient (Wildman–Crippen LogP) is 2.91. The molecule has 0 bridgehead atoms. The molecule has 1 aromatic carbocycles. The van der Waals surface area contributed by atoms with Crippen LogP contribution in [0.3, 0.4) is 0 Å². The molecule has 1 heterocycles. The molecule has 0 saturated carbocycles. The monoisotopic (exact) mass is 271 g/mol. The molecular formula is C14H13N3OS. The van der Waals surface area contributed by atoms with E-state index >= 15 is 0 Å². The highest BCUT2D eigenvalue weighted by molar-refractivity contribution is 7.99. The summed E-state index contributed by atoms with van der Waals surface area (Å²) in [5.74, 6) is 1.67. The molecule has 0 N–H and O–H groups in total. The molecule has 5 heteroatoms. The second-order valence-corrected chi connectivity index (χ2v) is 4.85. The maximum atomic E-state index is 8.78. The van der Waals surface area contributed by atoms with E-state index in [1.54, 1.807) is 42.5 Å². The fourth-order valence-electron chi connectivity index (χ4n) is 1.44. The van der Waals surface area contributed by atoms with Gasteiger partial charge in [-0.2, -0.15) is 5.26 Å². The van der Waals surface area contributed by atoms with Gasteiger partial charge in [-0.3, -0.25) is 4.98 Å². The number of aromatic nitrogens is 2. The van der Waals surface area contributed by atoms with Gasteiger partial charge in [0.2, 0.25) is 0 Å². The van der Waals surface area contributed by atoms with E-state index in [4.69, 9.17) is 10.00 Å². The van der Waals surface area contributed by atoms with E-state index in [1.165, 1.54) is 0 Å². The molecule has 96 valence electrons. The Labute approximate surface area is 116 Å². The fourth-order valence-corrected chi connectivity index (χ4v) is 2.18. The Morgan fingerprint density at radius 1 is 1.32 bits per heavy atom. The van der Waals surface area contributed by atoms with Crippen molar-refractivity contribution in [2.75, 3.05) is 12.4 Å². The van der Waals surface area contributed by atoms with Gasteiger partial charge in [0, 0.05) is 18.1 Å². The molecule has 0 aliphatic heterocycles. The predicted molar refractivity (Wildman–Crippen MR) is 74.0 cm³/mol. The summed E-state index contributed by atoms with van der Waals surface area (Å²) in [6.07, 6.45) is 6.02. The molecule has 0 aliphatic rings. The fraction of sp³-hybridized carbons (Fsp3) is 0.214. The van der Waals surface area contributed by atoms with Gasteiger partial charge < -0.3 is 4.74 Å². The normalized spacial score (nSPS) is 9.84. The summed E-state index contributed by atoms with van der Waals surface area (Å²) in [6.45, 7) is 0.627. The van der Waals surface area contributed by atoms with Crippen LogP contribution in [0, 0.1) is 11.3 Å². The van der Waals surface area contributed by atoms with Gasteiger partial charge in [0.15, 0.2) is 0 Å². The molecule has 4 nitrogen and oxygen atoms in total. The summed E-state index contributed by atoms with van der Waals surface area (Å²) >= 11 is 1.66. The van der Waals surface area contributed by atoms with E-state index in [-0.39, 0.29) is 0 Å². The van der Waals surface area contributed by atoms with Crippen LogP contribution in [0.25, 0.3) is 0 Å². The van der Waals surface area contributed by atoms with Crippen molar-refractivity contribution in [3.8, 4) is 11.8 Å². The van der Waals surface area contributed by atoms with Crippen LogP contribution >= 0.6 is 11.8 Å². The lowest BCUT2D eigenvalue weighted by Crippen LogP contribution is -1.99. The Balaban J connectivity index is 1.68. The Bertz CT molecular complexity index is 554. The molecule has 0 amide bonds. The van der Waals surface area contributed by atoms with Gasteiger partial charge >= 0.3 is 0 Å². The average molecular weight is 271 g/mol. The number of nitriles is 1. The first-order valence-corrected chi connectivity index (χ1v) is 6.89. The third kappa shape index (κ3) is 4.60. The minimum Gasteiger partial charge on any atom is -0.494 e. The van der Waals surface area contributed by atoms with E-state index in [9.17, 15) is 0 Å². The van der Waals surface area contributed by atoms with Crippen LogP contribution < -0.4 is 4.74 Å². The molecule has 0 radical (unpaired) electrons. The van der Waals surface area contributed by atoms with Gasteiger partial charge in [0.25, 0.3) is 0 Å². The molecule has 19 heavy (non-hydrogen) atoms. The number of hydrogen-bond acceptors (Lipinski definition) is 5. The van der Waals surface area contributed by atoms with Crippen LogP contribution in [0.1, 0.15) is 12.0 Å². The van der Waals surface area contributed by atoms with Gasteiger partial charge in [0.1, 0.15) is 10.8 Å². The SMILES string of the molecule is N#Cc1cccc(OCCCSc2cnccn2)c1. The lowest BCUT2D eigenvalue weighted by molar-refractivity contribution is 0.318. The summed E-state index contributed by atoms with van der Waals surface area (Å²) in [5.41, 5.74) is 0.617. The summed E-state index contributed by atoms with van der Waals surface area (Å²) < 4.78 is 5.59. The standard InChI is InChI=1S/C14H13N3OS/c15-10-12-3-1-4-13(9-12)18-7-2-8-19-14-11-16-5-6-17-14/h1,3-6,9,11H,2,7-8H2. The van der Waals surface area contributed by atoms with Gasteiger partial charge in [-0.05, 0) is 24.6 Å². The number of ether oxygens (including phenoxy) is 1. The second kappa shape index (κ2) is 7.39. The van der Waals surface area contributed by atoms with Crippen LogP contribution in [0.4, 0.5) is 0 Å². The Kier molecular flexibility index (Phi) is 5.20.